The van der Waals surface area contributed by atoms with Crippen LogP contribution in [-0.4, -0.2) is 35.8 Å². The van der Waals surface area contributed by atoms with Crippen LogP contribution in [0.1, 0.15) is 19.8 Å². The molecule has 8 heteroatoms. The van der Waals surface area contributed by atoms with Crippen LogP contribution >= 0.6 is 0 Å². The van der Waals surface area contributed by atoms with Gasteiger partial charge >= 0.3 is 11.1 Å². The number of fused-ring (bicyclic) bond motifs is 1. The smallest absolute Gasteiger partial charge is 0.314 e. The Bertz CT molecular complexity index is 929. The first-order chi connectivity index (χ1) is 10.4. The molecule has 0 saturated carbocycles. The molecule has 3 rings (SSSR count). The summed E-state index contributed by atoms with van der Waals surface area (Å²) in [5, 5.41) is 0. The molecule has 0 amide bonds. The highest BCUT2D eigenvalue weighted by atomic mass is 32.2. The van der Waals surface area contributed by atoms with Crippen molar-refractivity contribution in [3.63, 3.8) is 0 Å². The lowest BCUT2D eigenvalue weighted by atomic mass is 10.0. The normalized spacial score (nSPS) is 20.3. The van der Waals surface area contributed by atoms with Crippen LogP contribution in [0.2, 0.25) is 0 Å². The second-order valence-electron chi connectivity index (χ2n) is 5.73. The molecule has 1 aromatic carbocycles. The summed E-state index contributed by atoms with van der Waals surface area (Å²) in [4.78, 5) is 27.6. The highest BCUT2D eigenvalue weighted by molar-refractivity contribution is 7.89. The molecule has 1 saturated heterocycles. The van der Waals surface area contributed by atoms with Gasteiger partial charge in [0.1, 0.15) is 0 Å². The van der Waals surface area contributed by atoms with Crippen LogP contribution in [-0.2, 0) is 10.0 Å². The first-order valence-electron chi connectivity index (χ1n) is 7.14. The predicted molar refractivity (Wildman–Crippen MR) is 82.3 cm³/mol. The fourth-order valence-corrected chi connectivity index (χ4v) is 4.39. The maximum Gasteiger partial charge on any atom is 0.314 e. The number of benzene rings is 1. The van der Waals surface area contributed by atoms with Gasteiger partial charge in [0.05, 0.1) is 15.9 Å². The fourth-order valence-electron chi connectivity index (χ4n) is 2.77. The Hall–Kier alpha value is -1.93. The third-order valence-corrected chi connectivity index (χ3v) is 5.81. The predicted octanol–water partition coefficient (Wildman–Crippen LogP) is 0.637. The second kappa shape index (κ2) is 5.36. The van der Waals surface area contributed by atoms with Crippen molar-refractivity contribution in [3.05, 3.63) is 38.9 Å². The maximum atomic E-state index is 12.7. The van der Waals surface area contributed by atoms with Gasteiger partial charge in [0, 0.05) is 13.1 Å². The van der Waals surface area contributed by atoms with E-state index in [9.17, 15) is 18.0 Å². The van der Waals surface area contributed by atoms with E-state index in [2.05, 4.69) is 9.97 Å². The molecule has 1 fully saturated rings. The number of hydrogen-bond acceptors (Lipinski definition) is 4. The zero-order chi connectivity index (χ0) is 15.9. The number of nitrogens with one attached hydrogen (secondary N) is 2. The van der Waals surface area contributed by atoms with Crippen molar-refractivity contribution in [2.75, 3.05) is 13.1 Å². The van der Waals surface area contributed by atoms with E-state index >= 15 is 0 Å². The fraction of sp³-hybridized carbons (Fsp3) is 0.429. The van der Waals surface area contributed by atoms with Crippen molar-refractivity contribution >= 4 is 21.1 Å². The summed E-state index contributed by atoms with van der Waals surface area (Å²) in [6.07, 6.45) is 1.87. The summed E-state index contributed by atoms with van der Waals surface area (Å²) >= 11 is 0. The Labute approximate surface area is 127 Å². The van der Waals surface area contributed by atoms with Crippen LogP contribution in [0.5, 0.6) is 0 Å². The van der Waals surface area contributed by atoms with Crippen LogP contribution in [0.15, 0.2) is 32.7 Å². The van der Waals surface area contributed by atoms with Gasteiger partial charge in [-0.3, -0.25) is 9.59 Å². The third-order valence-electron chi connectivity index (χ3n) is 3.95. The van der Waals surface area contributed by atoms with Crippen molar-refractivity contribution in [1.82, 2.24) is 14.3 Å². The van der Waals surface area contributed by atoms with E-state index in [1.807, 2.05) is 6.92 Å². The molecule has 2 N–H and O–H groups in total. The zero-order valence-electron chi connectivity index (χ0n) is 12.1. The number of aromatic nitrogens is 2. The van der Waals surface area contributed by atoms with Gasteiger partial charge in [-0.05, 0) is 37.0 Å². The number of rotatable bonds is 2. The summed E-state index contributed by atoms with van der Waals surface area (Å²) < 4.78 is 26.9. The van der Waals surface area contributed by atoms with E-state index in [0.717, 1.165) is 12.8 Å². The molecule has 0 bridgehead atoms. The van der Waals surface area contributed by atoms with Crippen LogP contribution < -0.4 is 11.1 Å². The quantitative estimate of drug-likeness (QED) is 0.791. The van der Waals surface area contributed by atoms with Crippen molar-refractivity contribution in [2.24, 2.45) is 5.92 Å². The second-order valence-corrected chi connectivity index (χ2v) is 7.66. The van der Waals surface area contributed by atoms with Crippen molar-refractivity contribution < 1.29 is 8.42 Å². The third kappa shape index (κ3) is 2.59. The van der Waals surface area contributed by atoms with E-state index in [0.29, 0.717) is 30.0 Å². The molecular weight excluding hydrogens is 306 g/mol. The minimum Gasteiger partial charge on any atom is -0.316 e. The Morgan fingerprint density at radius 2 is 1.82 bits per heavy atom. The van der Waals surface area contributed by atoms with Crippen molar-refractivity contribution in [1.29, 1.82) is 0 Å². The lowest BCUT2D eigenvalue weighted by molar-refractivity contribution is 0.281. The average molecular weight is 323 g/mol. The molecule has 0 radical (unpaired) electrons. The van der Waals surface area contributed by atoms with Crippen molar-refractivity contribution in [2.45, 2.75) is 24.7 Å². The monoisotopic (exact) mass is 323 g/mol. The highest BCUT2D eigenvalue weighted by Crippen LogP contribution is 2.24. The minimum absolute atomic E-state index is 0.122. The standard InChI is InChI=1S/C14H17N3O4S/c1-9-3-2-6-17(8-9)22(20,21)10-4-5-11-12(7-10)16-14(19)13(18)15-11/h4-5,7,9H,2-3,6,8H2,1H3,(H,15,18)(H,16,19). The summed E-state index contributed by atoms with van der Waals surface area (Å²) in [7, 11) is -3.59. The minimum atomic E-state index is -3.59. The first-order valence-corrected chi connectivity index (χ1v) is 8.58. The Morgan fingerprint density at radius 1 is 1.14 bits per heavy atom. The largest absolute Gasteiger partial charge is 0.316 e. The number of H-pyrrole nitrogens is 2. The van der Waals surface area contributed by atoms with Gasteiger partial charge < -0.3 is 9.97 Å². The number of sulfonamides is 1. The van der Waals surface area contributed by atoms with E-state index in [1.165, 1.54) is 22.5 Å². The SMILES string of the molecule is CC1CCCN(S(=O)(=O)c2ccc3[nH]c(=O)c(=O)[nH]c3c2)C1. The van der Waals surface area contributed by atoms with Gasteiger partial charge in [-0.2, -0.15) is 4.31 Å². The summed E-state index contributed by atoms with van der Waals surface area (Å²) in [6, 6.07) is 4.33. The molecule has 7 nitrogen and oxygen atoms in total. The molecule has 1 aliphatic rings. The Morgan fingerprint density at radius 3 is 2.50 bits per heavy atom. The van der Waals surface area contributed by atoms with Crippen LogP contribution in [0, 0.1) is 5.92 Å². The Balaban J connectivity index is 2.07. The van der Waals surface area contributed by atoms with Crippen LogP contribution in [0.25, 0.3) is 11.0 Å². The molecule has 2 aromatic rings. The van der Waals surface area contributed by atoms with Crippen LogP contribution in [0.4, 0.5) is 0 Å². The molecule has 22 heavy (non-hydrogen) atoms. The summed E-state index contributed by atoms with van der Waals surface area (Å²) in [6.45, 7) is 3.04. The molecule has 0 spiro atoms. The van der Waals surface area contributed by atoms with E-state index in [4.69, 9.17) is 0 Å². The van der Waals surface area contributed by atoms with Gasteiger partial charge in [0.25, 0.3) is 0 Å². The van der Waals surface area contributed by atoms with Gasteiger partial charge in [-0.25, -0.2) is 8.42 Å². The van der Waals surface area contributed by atoms with E-state index in [1.54, 1.807) is 0 Å². The zero-order valence-corrected chi connectivity index (χ0v) is 12.9. The van der Waals surface area contributed by atoms with Crippen molar-refractivity contribution in [3.8, 4) is 0 Å². The lowest BCUT2D eigenvalue weighted by Gasteiger charge is -2.30. The molecular formula is C14H17N3O4S. The molecule has 1 unspecified atom stereocenters. The summed E-state index contributed by atoms with van der Waals surface area (Å²) in [5.74, 6) is 0.333. The molecule has 1 atom stereocenters. The van der Waals surface area contributed by atoms with Gasteiger partial charge in [0.15, 0.2) is 0 Å². The van der Waals surface area contributed by atoms with Gasteiger partial charge in [-0.15, -0.1) is 0 Å². The Kier molecular flexibility index (Phi) is 3.65. The maximum absolute atomic E-state index is 12.7. The summed E-state index contributed by atoms with van der Waals surface area (Å²) in [5.41, 5.74) is -0.854. The van der Waals surface area contributed by atoms with E-state index in [-0.39, 0.29) is 4.90 Å². The molecule has 0 aliphatic carbocycles. The van der Waals surface area contributed by atoms with Gasteiger partial charge in [-0.1, -0.05) is 6.92 Å². The molecule has 1 aliphatic heterocycles. The number of hydrogen-bond donors (Lipinski definition) is 2. The lowest BCUT2D eigenvalue weighted by Crippen LogP contribution is -2.39. The highest BCUT2D eigenvalue weighted by Gasteiger charge is 2.28. The number of aromatic amines is 2. The van der Waals surface area contributed by atoms with E-state index < -0.39 is 21.1 Å². The molecule has 118 valence electrons. The van der Waals surface area contributed by atoms with Gasteiger partial charge in [0.2, 0.25) is 10.0 Å². The number of piperidine rings is 1. The topological polar surface area (TPSA) is 103 Å². The average Bonchev–Trinajstić information content (AvgIpc) is 2.48. The molecule has 2 heterocycles. The first kappa shape index (κ1) is 15.0. The van der Waals surface area contributed by atoms with Crippen LogP contribution in [0.3, 0.4) is 0 Å². The number of nitrogens with zero attached hydrogens (tertiary/aromatic N) is 1. The molecule has 1 aromatic heterocycles.